The number of carbonyl (C=O) groups excluding carboxylic acids is 2. The van der Waals surface area contributed by atoms with E-state index in [-0.39, 0.29) is 28.4 Å². The number of nitrogens with one attached hydrogen (secondary N) is 3. The molecule has 10 heteroatoms. The number of amides is 2. The van der Waals surface area contributed by atoms with Crippen molar-refractivity contribution in [2.75, 3.05) is 22.1 Å². The summed E-state index contributed by atoms with van der Waals surface area (Å²) in [5.74, 6) is -0.416. The van der Waals surface area contributed by atoms with Gasteiger partial charge in [0.2, 0.25) is 11.8 Å². The van der Waals surface area contributed by atoms with Crippen LogP contribution in [0, 0.1) is 0 Å². The quantitative estimate of drug-likeness (QED) is 0.360. The molecule has 3 aromatic rings. The van der Waals surface area contributed by atoms with E-state index in [2.05, 4.69) is 25.8 Å². The fourth-order valence-corrected chi connectivity index (χ4v) is 3.05. The van der Waals surface area contributed by atoms with Gasteiger partial charge in [0, 0.05) is 29.5 Å². The van der Waals surface area contributed by atoms with E-state index in [9.17, 15) is 14.4 Å². The first-order valence-corrected chi connectivity index (χ1v) is 9.53. The third-order valence-corrected chi connectivity index (χ3v) is 4.58. The predicted molar refractivity (Wildman–Crippen MR) is 113 cm³/mol. The minimum absolute atomic E-state index is 0.0326. The number of hydrogen-bond donors (Lipinski definition) is 4. The van der Waals surface area contributed by atoms with Crippen LogP contribution in [0.4, 0.5) is 17.1 Å². The highest BCUT2D eigenvalue weighted by Gasteiger charge is 2.12. The zero-order chi connectivity index (χ0) is 20.8. The zero-order valence-electron chi connectivity index (χ0n) is 15.4. The van der Waals surface area contributed by atoms with Gasteiger partial charge < -0.3 is 16.4 Å². The van der Waals surface area contributed by atoms with Crippen molar-refractivity contribution in [1.29, 1.82) is 0 Å². The Kier molecular flexibility index (Phi) is 6.25. The van der Waals surface area contributed by atoms with Gasteiger partial charge in [0.05, 0.1) is 5.75 Å². The van der Waals surface area contributed by atoms with Gasteiger partial charge in [-0.05, 0) is 30.3 Å². The summed E-state index contributed by atoms with van der Waals surface area (Å²) in [6.45, 7) is 1.42. The van der Waals surface area contributed by atoms with Crippen molar-refractivity contribution in [2.45, 2.75) is 12.1 Å². The van der Waals surface area contributed by atoms with E-state index in [0.717, 1.165) is 11.8 Å². The summed E-state index contributed by atoms with van der Waals surface area (Å²) in [6, 6.07) is 13.6. The Bertz CT molecular complexity index is 1100. The molecule has 0 aliphatic heterocycles. The van der Waals surface area contributed by atoms with Crippen molar-refractivity contribution in [3.05, 3.63) is 58.9 Å². The second kappa shape index (κ2) is 9.02. The number of benzene rings is 2. The molecule has 29 heavy (non-hydrogen) atoms. The summed E-state index contributed by atoms with van der Waals surface area (Å²) >= 11 is 1.05. The van der Waals surface area contributed by atoms with E-state index in [0.29, 0.717) is 22.6 Å². The van der Waals surface area contributed by atoms with Crippen LogP contribution in [0.15, 0.2) is 58.5 Å². The van der Waals surface area contributed by atoms with Crippen LogP contribution >= 0.6 is 11.8 Å². The number of aromatic amines is 1. The van der Waals surface area contributed by atoms with E-state index in [1.54, 1.807) is 48.5 Å². The van der Waals surface area contributed by atoms with Crippen LogP contribution in [0.5, 0.6) is 0 Å². The maximum Gasteiger partial charge on any atom is 0.278 e. The van der Waals surface area contributed by atoms with Gasteiger partial charge in [-0.15, -0.1) is 10.2 Å². The number of H-pyrrole nitrogens is 1. The van der Waals surface area contributed by atoms with Crippen molar-refractivity contribution < 1.29 is 9.59 Å². The van der Waals surface area contributed by atoms with Crippen LogP contribution < -0.4 is 21.9 Å². The number of nitrogens with zero attached hydrogens (tertiary/aromatic N) is 2. The molecule has 1 heterocycles. The van der Waals surface area contributed by atoms with Gasteiger partial charge in [0.15, 0.2) is 10.9 Å². The maximum absolute atomic E-state index is 12.3. The van der Waals surface area contributed by atoms with E-state index in [1.165, 1.54) is 6.92 Å². The first-order valence-electron chi connectivity index (χ1n) is 8.54. The number of nitrogens with two attached hydrogens (primary N) is 1. The van der Waals surface area contributed by atoms with E-state index in [4.69, 9.17) is 5.73 Å². The van der Waals surface area contributed by atoms with E-state index in [1.807, 2.05) is 0 Å². The minimum Gasteiger partial charge on any atom is -0.398 e. The number of carbonyl (C=O) groups is 2. The average molecular weight is 410 g/mol. The molecular weight excluding hydrogens is 392 g/mol. The lowest BCUT2D eigenvalue weighted by Crippen LogP contribution is -2.17. The Morgan fingerprint density at radius 3 is 2.31 bits per heavy atom. The third-order valence-electron chi connectivity index (χ3n) is 3.72. The molecule has 2 aromatic carbocycles. The summed E-state index contributed by atoms with van der Waals surface area (Å²) in [5, 5.41) is 13.5. The highest BCUT2D eigenvalue weighted by atomic mass is 32.2. The van der Waals surface area contributed by atoms with E-state index >= 15 is 0 Å². The van der Waals surface area contributed by atoms with E-state index < -0.39 is 5.56 Å². The largest absolute Gasteiger partial charge is 0.398 e. The van der Waals surface area contributed by atoms with Crippen LogP contribution in [0.3, 0.4) is 0 Å². The lowest BCUT2D eigenvalue weighted by molar-refractivity contribution is -0.114. The van der Waals surface area contributed by atoms with Crippen LogP contribution in [0.2, 0.25) is 0 Å². The lowest BCUT2D eigenvalue weighted by Gasteiger charge is -2.07. The monoisotopic (exact) mass is 410 g/mol. The highest BCUT2D eigenvalue weighted by Crippen LogP contribution is 2.21. The van der Waals surface area contributed by atoms with Crippen LogP contribution in [0.1, 0.15) is 6.92 Å². The topological polar surface area (TPSA) is 143 Å². The van der Waals surface area contributed by atoms with Crippen molar-refractivity contribution >= 4 is 40.6 Å². The van der Waals surface area contributed by atoms with Crippen molar-refractivity contribution in [2.24, 2.45) is 0 Å². The minimum atomic E-state index is -0.436. The standard InChI is InChI=1S/C19H18N6O3S/c1-11(26)21-12-6-8-13(9-7-12)22-16(27)10-29-19-23-18(28)17(24-25-19)14-4-2-3-5-15(14)20/h2-9H,10,20H2,1H3,(H,21,26)(H,22,27)(H,23,25,28). The summed E-state index contributed by atoms with van der Waals surface area (Å²) in [7, 11) is 0. The fraction of sp³-hybridized carbons (Fsp3) is 0.105. The smallest absolute Gasteiger partial charge is 0.278 e. The number of para-hydroxylation sites is 1. The molecule has 148 valence electrons. The van der Waals surface area contributed by atoms with Gasteiger partial charge in [-0.1, -0.05) is 30.0 Å². The SMILES string of the molecule is CC(=O)Nc1ccc(NC(=O)CSc2nnc(-c3ccccc3N)c(=O)[nH]2)cc1. The Hall–Kier alpha value is -3.66. The number of aromatic nitrogens is 3. The maximum atomic E-state index is 12.3. The molecule has 0 unspecified atom stereocenters. The fourth-order valence-electron chi connectivity index (χ4n) is 2.45. The summed E-state index contributed by atoms with van der Waals surface area (Å²) < 4.78 is 0. The molecule has 0 bridgehead atoms. The van der Waals surface area contributed by atoms with Crippen molar-refractivity contribution in [1.82, 2.24) is 15.2 Å². The second-order valence-corrected chi connectivity index (χ2v) is 6.95. The molecule has 0 aliphatic rings. The summed E-state index contributed by atoms with van der Waals surface area (Å²) in [4.78, 5) is 38.0. The van der Waals surface area contributed by atoms with Gasteiger partial charge in [-0.25, -0.2) is 0 Å². The number of anilines is 3. The summed E-state index contributed by atoms with van der Waals surface area (Å²) in [5.41, 5.74) is 7.69. The predicted octanol–water partition coefficient (Wildman–Crippen LogP) is 2.10. The molecule has 0 fully saturated rings. The lowest BCUT2D eigenvalue weighted by atomic mass is 10.1. The first kappa shape index (κ1) is 20.1. The van der Waals surface area contributed by atoms with Gasteiger partial charge in [0.25, 0.3) is 5.56 Å². The molecule has 0 saturated carbocycles. The highest BCUT2D eigenvalue weighted by molar-refractivity contribution is 7.99. The van der Waals surface area contributed by atoms with Gasteiger partial charge in [-0.3, -0.25) is 19.4 Å². The zero-order valence-corrected chi connectivity index (χ0v) is 16.2. The number of hydrogen-bond acceptors (Lipinski definition) is 7. The first-order chi connectivity index (χ1) is 13.9. The Morgan fingerprint density at radius 1 is 1.03 bits per heavy atom. The van der Waals surface area contributed by atoms with Gasteiger partial charge in [0.1, 0.15) is 0 Å². The molecule has 0 spiro atoms. The molecule has 0 atom stereocenters. The normalized spacial score (nSPS) is 10.4. The molecular formula is C19H18N6O3S. The van der Waals surface area contributed by atoms with Gasteiger partial charge >= 0.3 is 0 Å². The Labute approximate surface area is 170 Å². The second-order valence-electron chi connectivity index (χ2n) is 5.99. The van der Waals surface area contributed by atoms with Gasteiger partial charge in [-0.2, -0.15) is 0 Å². The Morgan fingerprint density at radius 2 is 1.69 bits per heavy atom. The van der Waals surface area contributed by atoms with Crippen LogP contribution in [0.25, 0.3) is 11.3 Å². The molecule has 1 aromatic heterocycles. The van der Waals surface area contributed by atoms with Crippen molar-refractivity contribution in [3.8, 4) is 11.3 Å². The van der Waals surface area contributed by atoms with Crippen LogP contribution in [-0.2, 0) is 9.59 Å². The molecule has 0 aliphatic carbocycles. The average Bonchev–Trinajstić information content (AvgIpc) is 2.68. The molecule has 2 amide bonds. The number of rotatable bonds is 6. The molecule has 5 N–H and O–H groups in total. The molecule has 9 nitrogen and oxygen atoms in total. The Balaban J connectivity index is 1.59. The van der Waals surface area contributed by atoms with Crippen molar-refractivity contribution in [3.63, 3.8) is 0 Å². The number of nitrogen functional groups attached to an aromatic ring is 1. The molecule has 3 rings (SSSR count). The number of thioether (sulfide) groups is 1. The third kappa shape index (κ3) is 5.42. The van der Waals surface area contributed by atoms with Crippen LogP contribution in [-0.4, -0.2) is 32.7 Å². The summed E-state index contributed by atoms with van der Waals surface area (Å²) in [6.07, 6.45) is 0. The molecule has 0 saturated heterocycles. The molecule has 0 radical (unpaired) electrons.